The van der Waals surface area contributed by atoms with Gasteiger partial charge >= 0.3 is 5.97 Å². The van der Waals surface area contributed by atoms with Crippen molar-refractivity contribution in [1.82, 2.24) is 0 Å². The van der Waals surface area contributed by atoms with Crippen molar-refractivity contribution in [3.05, 3.63) is 47.5 Å². The molecule has 0 spiro atoms. The molecule has 1 fully saturated rings. The van der Waals surface area contributed by atoms with E-state index in [1.807, 2.05) is 6.92 Å². The number of nitrogens with zero attached hydrogens (tertiary/aromatic N) is 1. The minimum Gasteiger partial charge on any atom is -1.00 e. The molecule has 1 heterocycles. The molecule has 4 heteroatoms. The summed E-state index contributed by atoms with van der Waals surface area (Å²) in [6.45, 7) is 8.43. The van der Waals surface area contributed by atoms with E-state index in [2.05, 4.69) is 43.3 Å². The molecule has 0 unspecified atom stereocenters. The highest BCUT2D eigenvalue weighted by Crippen LogP contribution is 2.20. The van der Waals surface area contributed by atoms with E-state index in [0.29, 0.717) is 13.2 Å². The van der Waals surface area contributed by atoms with Crippen LogP contribution in [-0.2, 0) is 16.0 Å². The van der Waals surface area contributed by atoms with Crippen LogP contribution in [0.15, 0.2) is 42.0 Å². The van der Waals surface area contributed by atoms with Crippen LogP contribution < -0.4 is 12.4 Å². The third kappa shape index (κ3) is 7.62. The maximum Gasteiger partial charge on any atom is 0.361 e. The van der Waals surface area contributed by atoms with Crippen molar-refractivity contribution in [3.8, 4) is 0 Å². The second-order valence-electron chi connectivity index (χ2n) is 7.12. The van der Waals surface area contributed by atoms with Crippen molar-refractivity contribution in [2.75, 3.05) is 32.8 Å². The summed E-state index contributed by atoms with van der Waals surface area (Å²) in [7, 11) is 0. The van der Waals surface area contributed by atoms with Gasteiger partial charge < -0.3 is 21.6 Å². The number of esters is 1. The molecule has 0 atom stereocenters. The third-order valence-corrected chi connectivity index (χ3v) is 4.85. The molecular weight excluding hydrogens is 334 g/mol. The highest BCUT2D eigenvalue weighted by atomic mass is 35.5. The van der Waals surface area contributed by atoms with E-state index in [1.54, 1.807) is 0 Å². The zero-order chi connectivity index (χ0) is 17.3. The number of likely N-dealkylation sites (tertiary alicyclic amines) is 1. The molecule has 3 nitrogen and oxygen atoms in total. The number of ether oxygens (including phenoxy) is 1. The Labute approximate surface area is 159 Å². The summed E-state index contributed by atoms with van der Waals surface area (Å²) in [5.74, 6) is -0.0344. The summed E-state index contributed by atoms with van der Waals surface area (Å²) in [6.07, 6.45) is 7.93. The highest BCUT2D eigenvalue weighted by molar-refractivity contribution is 5.70. The number of carbonyl (C=O) groups excluding carboxylic acids is 1. The van der Waals surface area contributed by atoms with Gasteiger partial charge in [-0.2, -0.15) is 0 Å². The van der Waals surface area contributed by atoms with Crippen LogP contribution in [0.4, 0.5) is 0 Å². The van der Waals surface area contributed by atoms with E-state index in [-0.39, 0.29) is 18.4 Å². The molecule has 25 heavy (non-hydrogen) atoms. The lowest BCUT2D eigenvalue weighted by Gasteiger charge is -2.40. The largest absolute Gasteiger partial charge is 1.00 e. The Bertz CT molecular complexity index is 536. The molecule has 140 valence electrons. The van der Waals surface area contributed by atoms with E-state index < -0.39 is 0 Å². The van der Waals surface area contributed by atoms with Crippen LogP contribution in [0.5, 0.6) is 0 Å². The molecule has 1 aliphatic heterocycles. The number of piperidine rings is 1. The van der Waals surface area contributed by atoms with Gasteiger partial charge in [0.2, 0.25) is 0 Å². The average Bonchev–Trinajstić information content (AvgIpc) is 2.60. The minimum atomic E-state index is -0.0344. The molecule has 0 N–H and O–H groups in total. The second kappa shape index (κ2) is 11.3. The molecule has 1 saturated heterocycles. The van der Waals surface area contributed by atoms with Crippen LogP contribution in [0.1, 0.15) is 45.1 Å². The topological polar surface area (TPSA) is 26.3 Å². The van der Waals surface area contributed by atoms with Gasteiger partial charge in [-0.1, -0.05) is 42.8 Å². The Kier molecular flexibility index (Phi) is 9.84. The standard InChI is InChI=1S/C21H32NO2.ClH/c1-3-16-24-21(23)18-22(13-8-5-9-14-22)15-12-19(2)17-20-10-6-4-7-11-20;/h4,6-7,10-12H,3,5,8-9,13-18H2,1-2H3;1H/q+1;/p-1/b19-12-;. The lowest BCUT2D eigenvalue weighted by molar-refractivity contribution is -0.920. The summed E-state index contributed by atoms with van der Waals surface area (Å²) in [5.41, 5.74) is 2.73. The maximum absolute atomic E-state index is 12.2. The van der Waals surface area contributed by atoms with Crippen LogP contribution in [0.25, 0.3) is 0 Å². The fourth-order valence-electron chi connectivity index (χ4n) is 3.46. The van der Waals surface area contributed by atoms with Crippen LogP contribution in [0, 0.1) is 0 Å². The molecule has 0 aliphatic carbocycles. The predicted octanol–water partition coefficient (Wildman–Crippen LogP) is 1.13. The van der Waals surface area contributed by atoms with Gasteiger partial charge in [0.15, 0.2) is 6.54 Å². The zero-order valence-electron chi connectivity index (χ0n) is 15.7. The lowest BCUT2D eigenvalue weighted by Crippen LogP contribution is -3.00. The molecule has 0 bridgehead atoms. The van der Waals surface area contributed by atoms with E-state index in [9.17, 15) is 4.79 Å². The van der Waals surface area contributed by atoms with Crippen LogP contribution >= 0.6 is 0 Å². The zero-order valence-corrected chi connectivity index (χ0v) is 16.4. The summed E-state index contributed by atoms with van der Waals surface area (Å²) in [6, 6.07) is 10.6. The average molecular weight is 366 g/mol. The van der Waals surface area contributed by atoms with Crippen molar-refractivity contribution in [2.24, 2.45) is 0 Å². The number of carbonyl (C=O) groups is 1. The Morgan fingerprint density at radius 3 is 2.48 bits per heavy atom. The second-order valence-corrected chi connectivity index (χ2v) is 7.12. The summed E-state index contributed by atoms with van der Waals surface area (Å²) >= 11 is 0. The fourth-order valence-corrected chi connectivity index (χ4v) is 3.46. The fraction of sp³-hybridized carbons (Fsp3) is 0.571. The van der Waals surface area contributed by atoms with E-state index in [0.717, 1.165) is 37.0 Å². The van der Waals surface area contributed by atoms with Crippen LogP contribution in [0.3, 0.4) is 0 Å². The van der Waals surface area contributed by atoms with Crippen molar-refractivity contribution >= 4 is 5.97 Å². The number of hydrogen-bond acceptors (Lipinski definition) is 2. The van der Waals surface area contributed by atoms with Crippen LogP contribution in [0.2, 0.25) is 0 Å². The van der Waals surface area contributed by atoms with E-state index in [1.165, 1.54) is 30.4 Å². The first kappa shape index (κ1) is 21.7. The van der Waals surface area contributed by atoms with Gasteiger partial charge in [-0.15, -0.1) is 0 Å². The quantitative estimate of drug-likeness (QED) is 0.392. The highest BCUT2D eigenvalue weighted by Gasteiger charge is 2.32. The number of benzene rings is 1. The van der Waals surface area contributed by atoms with Gasteiger partial charge in [0.25, 0.3) is 0 Å². The first-order valence-corrected chi connectivity index (χ1v) is 9.34. The number of hydrogen-bond donors (Lipinski definition) is 0. The first-order valence-electron chi connectivity index (χ1n) is 9.34. The van der Waals surface area contributed by atoms with E-state index in [4.69, 9.17) is 4.74 Å². The van der Waals surface area contributed by atoms with Gasteiger partial charge in [-0.05, 0) is 50.7 Å². The summed E-state index contributed by atoms with van der Waals surface area (Å²) in [4.78, 5) is 12.2. The molecule has 1 aromatic rings. The van der Waals surface area contributed by atoms with Gasteiger partial charge in [-0.3, -0.25) is 0 Å². The van der Waals surface area contributed by atoms with Crippen molar-refractivity contribution < 1.29 is 26.4 Å². The van der Waals surface area contributed by atoms with Gasteiger partial charge in [0, 0.05) is 0 Å². The van der Waals surface area contributed by atoms with Crippen molar-refractivity contribution in [2.45, 2.75) is 46.0 Å². The number of allylic oxidation sites excluding steroid dienone is 1. The SMILES string of the molecule is CCCOC(=O)C[N+]1(C/C=C(/C)Cc2ccccc2)CCCCC1.[Cl-]. The minimum absolute atomic E-state index is 0. The third-order valence-electron chi connectivity index (χ3n) is 4.85. The Morgan fingerprint density at radius 2 is 1.84 bits per heavy atom. The Morgan fingerprint density at radius 1 is 1.16 bits per heavy atom. The maximum atomic E-state index is 12.2. The molecule has 0 saturated carbocycles. The van der Waals surface area contributed by atoms with Crippen LogP contribution in [-0.4, -0.2) is 43.2 Å². The Hall–Kier alpha value is -1.32. The van der Waals surface area contributed by atoms with Crippen molar-refractivity contribution in [1.29, 1.82) is 0 Å². The molecule has 2 rings (SSSR count). The van der Waals surface area contributed by atoms with Gasteiger partial charge in [-0.25, -0.2) is 4.79 Å². The number of quaternary nitrogens is 1. The molecule has 1 aromatic carbocycles. The van der Waals surface area contributed by atoms with Gasteiger partial charge in [0.05, 0.1) is 26.2 Å². The molecule has 1 aliphatic rings. The molecule has 0 aromatic heterocycles. The normalized spacial score (nSPS) is 16.8. The Balaban J connectivity index is 0.00000312. The number of halogens is 1. The number of rotatable bonds is 8. The summed E-state index contributed by atoms with van der Waals surface area (Å²) in [5, 5.41) is 0. The van der Waals surface area contributed by atoms with Gasteiger partial charge in [0.1, 0.15) is 0 Å². The monoisotopic (exact) mass is 365 g/mol. The molecule has 0 amide bonds. The molecular formula is C21H32ClNO2. The molecule has 0 radical (unpaired) electrons. The first-order chi connectivity index (χ1) is 11.6. The van der Waals surface area contributed by atoms with E-state index >= 15 is 0 Å². The predicted molar refractivity (Wildman–Crippen MR) is 98.7 cm³/mol. The van der Waals surface area contributed by atoms with Crippen molar-refractivity contribution in [3.63, 3.8) is 0 Å². The smallest absolute Gasteiger partial charge is 0.361 e. The lowest BCUT2D eigenvalue weighted by atomic mass is 10.0. The summed E-state index contributed by atoms with van der Waals surface area (Å²) < 4.78 is 6.22.